The fourth-order valence-electron chi connectivity index (χ4n) is 2.82. The molecule has 3 rings (SSSR count). The molecule has 1 radical (unpaired) electrons. The Balaban J connectivity index is 2.22. The van der Waals surface area contributed by atoms with Crippen LogP contribution in [-0.2, 0) is 0 Å². The zero-order valence-electron chi connectivity index (χ0n) is 10.5. The first-order valence-corrected chi connectivity index (χ1v) is 9.01. The molecule has 1 heterocycles. The first-order valence-electron chi connectivity index (χ1n) is 6.01. The maximum atomic E-state index is 8.74. The van der Waals surface area contributed by atoms with Gasteiger partial charge < -0.3 is 9.68 Å². The highest BCUT2D eigenvalue weighted by molar-refractivity contribution is 7.03. The molecule has 0 spiro atoms. The predicted octanol–water partition coefficient (Wildman–Crippen LogP) is 1.39. The largest absolute Gasteiger partial charge is 0.569 e. The van der Waals surface area contributed by atoms with Crippen LogP contribution in [0.15, 0.2) is 42.5 Å². The molecule has 2 aromatic carbocycles. The lowest BCUT2D eigenvalue weighted by atomic mass is 10.1. The van der Waals surface area contributed by atoms with Gasteiger partial charge in [-0.2, -0.15) is 0 Å². The highest BCUT2D eigenvalue weighted by Crippen LogP contribution is 2.29. The molecule has 1 aliphatic rings. The van der Waals surface area contributed by atoms with Gasteiger partial charge in [0.25, 0.3) is 0 Å². The van der Waals surface area contributed by atoms with Crippen molar-refractivity contribution in [2.75, 3.05) is 0 Å². The highest BCUT2D eigenvalue weighted by atomic mass is 28.3. The fraction of sp³-hybridized carbons (Fsp3) is 0.143. The molecule has 0 saturated carbocycles. The summed E-state index contributed by atoms with van der Waals surface area (Å²) in [4.78, 5) is 0. The summed E-state index contributed by atoms with van der Waals surface area (Å²) in [7, 11) is -0.883. The lowest BCUT2D eigenvalue weighted by molar-refractivity contribution is 0.454. The third-order valence-corrected chi connectivity index (χ3v) is 7.29. The van der Waals surface area contributed by atoms with Crippen molar-refractivity contribution in [1.29, 1.82) is 0 Å². The van der Waals surface area contributed by atoms with Crippen molar-refractivity contribution in [3.8, 4) is 16.9 Å². The van der Waals surface area contributed by atoms with E-state index in [-0.39, 0.29) is 0 Å². The molecule has 0 aromatic heterocycles. The molecule has 89 valence electrons. The number of hydrogen-bond acceptors (Lipinski definition) is 2. The zero-order valence-corrected chi connectivity index (χ0v) is 11.5. The molecule has 1 aliphatic heterocycles. The number of hydrogen-bond donors (Lipinski definition) is 1. The van der Waals surface area contributed by atoms with Crippen LogP contribution in [-0.4, -0.2) is 20.8 Å². The standard InChI is InChI=1S/C14H14BO2Si/c1-18(2)13-6-4-3-5-11(13)12-8-7-10(17-15-16)9-14(12)18/h3-9,16H,1-2H3. The first kappa shape index (κ1) is 11.6. The van der Waals surface area contributed by atoms with Crippen molar-refractivity contribution >= 4 is 26.1 Å². The van der Waals surface area contributed by atoms with Gasteiger partial charge in [-0.1, -0.05) is 43.4 Å². The van der Waals surface area contributed by atoms with Crippen LogP contribution >= 0.6 is 0 Å². The van der Waals surface area contributed by atoms with Crippen molar-refractivity contribution in [3.63, 3.8) is 0 Å². The van der Waals surface area contributed by atoms with Crippen molar-refractivity contribution in [2.24, 2.45) is 0 Å². The van der Waals surface area contributed by atoms with Crippen LogP contribution < -0.4 is 15.0 Å². The third-order valence-electron chi connectivity index (χ3n) is 3.74. The molecule has 0 saturated heterocycles. The van der Waals surface area contributed by atoms with Gasteiger partial charge in [-0.05, 0) is 33.6 Å². The van der Waals surface area contributed by atoms with E-state index in [1.54, 1.807) is 0 Å². The quantitative estimate of drug-likeness (QED) is 0.820. The maximum absolute atomic E-state index is 8.74. The van der Waals surface area contributed by atoms with E-state index in [2.05, 4.69) is 49.5 Å². The first-order chi connectivity index (χ1) is 8.64. The van der Waals surface area contributed by atoms with Crippen LogP contribution in [0, 0.1) is 0 Å². The molecule has 0 bridgehead atoms. The van der Waals surface area contributed by atoms with Crippen LogP contribution in [0.1, 0.15) is 0 Å². The summed E-state index contributed by atoms with van der Waals surface area (Å²) in [5.74, 6) is 0.699. The van der Waals surface area contributed by atoms with Gasteiger partial charge in [0.15, 0.2) is 0 Å². The monoisotopic (exact) mass is 253 g/mol. The van der Waals surface area contributed by atoms with Crippen LogP contribution in [0.5, 0.6) is 5.75 Å². The van der Waals surface area contributed by atoms with Gasteiger partial charge >= 0.3 is 7.69 Å². The van der Waals surface area contributed by atoms with Gasteiger partial charge in [0.05, 0.1) is 5.75 Å². The smallest absolute Gasteiger partial charge is 0.537 e. The molecule has 1 N–H and O–H groups in total. The Hall–Kier alpha value is -1.52. The topological polar surface area (TPSA) is 29.5 Å². The molecule has 2 nitrogen and oxygen atoms in total. The predicted molar refractivity (Wildman–Crippen MR) is 77.2 cm³/mol. The Morgan fingerprint density at radius 3 is 2.50 bits per heavy atom. The maximum Gasteiger partial charge on any atom is 0.569 e. The number of rotatable bonds is 2. The Kier molecular flexibility index (Phi) is 2.57. The van der Waals surface area contributed by atoms with Crippen molar-refractivity contribution in [2.45, 2.75) is 13.1 Å². The molecule has 0 aliphatic carbocycles. The van der Waals surface area contributed by atoms with E-state index in [9.17, 15) is 0 Å². The second kappa shape index (κ2) is 4.00. The normalized spacial score (nSPS) is 14.8. The number of fused-ring (bicyclic) bond motifs is 3. The van der Waals surface area contributed by atoms with Gasteiger partial charge in [0, 0.05) is 0 Å². The second-order valence-electron chi connectivity index (χ2n) is 5.10. The second-order valence-corrected chi connectivity index (χ2v) is 9.43. The lowest BCUT2D eigenvalue weighted by Gasteiger charge is -2.19. The van der Waals surface area contributed by atoms with E-state index in [1.165, 1.54) is 21.5 Å². The Morgan fingerprint density at radius 1 is 1.00 bits per heavy atom. The van der Waals surface area contributed by atoms with Crippen molar-refractivity contribution < 1.29 is 9.68 Å². The molecule has 0 fully saturated rings. The van der Waals surface area contributed by atoms with Crippen LogP contribution in [0.25, 0.3) is 11.1 Å². The molecule has 0 amide bonds. The zero-order chi connectivity index (χ0) is 12.8. The van der Waals surface area contributed by atoms with E-state index in [0.29, 0.717) is 5.75 Å². The minimum Gasteiger partial charge on any atom is -0.537 e. The summed E-state index contributed by atoms with van der Waals surface area (Å²) in [6.45, 7) is 4.70. The van der Waals surface area contributed by atoms with Gasteiger partial charge in [0.1, 0.15) is 8.07 Å². The fourth-order valence-corrected chi connectivity index (χ4v) is 5.91. The summed E-state index contributed by atoms with van der Waals surface area (Å²) in [6, 6.07) is 14.7. The van der Waals surface area contributed by atoms with Crippen LogP contribution in [0.3, 0.4) is 0 Å². The molecular formula is C14H14BO2Si. The Labute approximate surface area is 109 Å². The van der Waals surface area contributed by atoms with E-state index >= 15 is 0 Å². The van der Waals surface area contributed by atoms with E-state index in [1.807, 2.05) is 6.07 Å². The molecule has 2 aromatic rings. The summed E-state index contributed by atoms with van der Waals surface area (Å²) in [6.07, 6.45) is 0. The molecular weight excluding hydrogens is 239 g/mol. The van der Waals surface area contributed by atoms with Gasteiger partial charge in [-0.25, -0.2) is 0 Å². The summed E-state index contributed by atoms with van der Waals surface area (Å²) in [5.41, 5.74) is 2.66. The average Bonchev–Trinajstić information content (AvgIpc) is 2.60. The molecule has 0 atom stereocenters. The molecule has 4 heteroatoms. The van der Waals surface area contributed by atoms with Crippen LogP contribution in [0.2, 0.25) is 13.1 Å². The molecule has 0 unspecified atom stereocenters. The summed E-state index contributed by atoms with van der Waals surface area (Å²) < 4.78 is 5.08. The SMILES string of the molecule is C[Si]1(C)c2ccccc2-c2ccc(O[B]O)cc21. The molecule has 18 heavy (non-hydrogen) atoms. The Morgan fingerprint density at radius 2 is 1.72 bits per heavy atom. The van der Waals surface area contributed by atoms with Crippen molar-refractivity contribution in [3.05, 3.63) is 42.5 Å². The van der Waals surface area contributed by atoms with Crippen LogP contribution in [0.4, 0.5) is 0 Å². The van der Waals surface area contributed by atoms with Gasteiger partial charge in [-0.3, -0.25) is 0 Å². The van der Waals surface area contributed by atoms with Crippen molar-refractivity contribution in [1.82, 2.24) is 0 Å². The average molecular weight is 253 g/mol. The van der Waals surface area contributed by atoms with E-state index in [4.69, 9.17) is 9.68 Å². The lowest BCUT2D eigenvalue weighted by Crippen LogP contribution is -2.49. The minimum absolute atomic E-state index is 0.699. The van der Waals surface area contributed by atoms with Gasteiger partial charge in [0.2, 0.25) is 0 Å². The third kappa shape index (κ3) is 1.53. The van der Waals surface area contributed by atoms with E-state index < -0.39 is 8.07 Å². The summed E-state index contributed by atoms with van der Waals surface area (Å²) >= 11 is 0. The highest BCUT2D eigenvalue weighted by Gasteiger charge is 2.37. The minimum atomic E-state index is -1.62. The summed E-state index contributed by atoms with van der Waals surface area (Å²) in [5, 5.41) is 11.6. The Bertz CT molecular complexity index is 610. The number of benzene rings is 2. The van der Waals surface area contributed by atoms with E-state index in [0.717, 1.165) is 7.69 Å². The van der Waals surface area contributed by atoms with Gasteiger partial charge in [-0.15, -0.1) is 0 Å².